The highest BCUT2D eigenvalue weighted by Gasteiger charge is 2.18. The Labute approximate surface area is 300 Å². The van der Waals surface area contributed by atoms with Crippen molar-refractivity contribution in [2.45, 2.75) is 25.7 Å². The lowest BCUT2D eigenvalue weighted by Gasteiger charge is -2.07. The first-order valence-electron chi connectivity index (χ1n) is 16.6. The van der Waals surface area contributed by atoms with Crippen molar-refractivity contribution in [3.8, 4) is 0 Å². The average Bonchev–Trinajstić information content (AvgIpc) is 3.86. The summed E-state index contributed by atoms with van der Waals surface area (Å²) in [6.45, 7) is 0.576. The molecule has 4 aromatic rings. The number of unbranched alkanes of at least 4 members (excludes halogenated alkanes) is 3. The number of nitrogens with one attached hydrogen (secondary N) is 6. The van der Waals surface area contributed by atoms with E-state index in [9.17, 15) is 28.8 Å². The van der Waals surface area contributed by atoms with Gasteiger partial charge in [-0.2, -0.15) is 0 Å². The summed E-state index contributed by atoms with van der Waals surface area (Å²) in [6.07, 6.45) is 9.65. The fourth-order valence-electron chi connectivity index (χ4n) is 5.44. The van der Waals surface area contributed by atoms with Gasteiger partial charge in [0.25, 0.3) is 23.6 Å². The molecule has 0 bridgehead atoms. The van der Waals surface area contributed by atoms with Gasteiger partial charge in [0.1, 0.15) is 22.8 Å². The quantitative estimate of drug-likeness (QED) is 0.0732. The number of amides is 6. The molecule has 52 heavy (non-hydrogen) atoms. The van der Waals surface area contributed by atoms with E-state index in [0.29, 0.717) is 58.6 Å². The first kappa shape index (κ1) is 38.7. The molecule has 6 amide bonds. The number of nitrogens with two attached hydrogens (primary N) is 2. The summed E-state index contributed by atoms with van der Waals surface area (Å²) < 4.78 is 6.40. The minimum atomic E-state index is -0.405. The number of nitrogens with zero attached hydrogens (tertiary/aromatic N) is 4. The molecule has 0 aliphatic heterocycles. The second kappa shape index (κ2) is 17.7. The highest BCUT2D eigenvalue weighted by atomic mass is 16.2. The zero-order valence-electron chi connectivity index (χ0n) is 29.7. The molecule has 278 valence electrons. The standard InChI is InChI=1S/C34H46N12O6/c1-43-19-23(41-33(51)27-11-21(17-45(27)3)39-29(47)15-35)13-25(43)31(49)37-9-7-5-6-8-10-38-32(50)26-14-24(20-44(26)2)42-34(52)28-12-22(18-46(28)4)40-30(48)16-36/h11-14,17-20H,5-10,15-16,35-36H2,1-4H3,(H,37,49)(H,38,50)(H,39,47)(H,40,48)(H,41,51)(H,42,52). The van der Waals surface area contributed by atoms with Crippen LogP contribution in [0.4, 0.5) is 22.7 Å². The minimum Gasteiger partial charge on any atom is -0.351 e. The van der Waals surface area contributed by atoms with Crippen LogP contribution in [0, 0.1) is 0 Å². The number of hydrogen-bond donors (Lipinski definition) is 8. The van der Waals surface area contributed by atoms with E-state index in [2.05, 4.69) is 31.9 Å². The average molecular weight is 719 g/mol. The molecule has 0 radical (unpaired) electrons. The smallest absolute Gasteiger partial charge is 0.272 e. The van der Waals surface area contributed by atoms with Gasteiger partial charge in [-0.05, 0) is 37.1 Å². The van der Waals surface area contributed by atoms with E-state index < -0.39 is 11.8 Å². The van der Waals surface area contributed by atoms with Gasteiger partial charge in [-0.25, -0.2) is 0 Å². The number of carbonyl (C=O) groups excluding carboxylic acids is 6. The van der Waals surface area contributed by atoms with Crippen molar-refractivity contribution in [3.63, 3.8) is 0 Å². The number of hydrogen-bond acceptors (Lipinski definition) is 8. The van der Waals surface area contributed by atoms with Crippen LogP contribution < -0.4 is 43.4 Å². The lowest BCUT2D eigenvalue weighted by molar-refractivity contribution is -0.115. The van der Waals surface area contributed by atoms with Gasteiger partial charge in [0.2, 0.25) is 11.8 Å². The summed E-state index contributed by atoms with van der Waals surface area (Å²) in [5.74, 6) is -2.10. The molecule has 0 saturated heterocycles. The predicted octanol–water partition coefficient (Wildman–Crippen LogP) is 1.06. The molecule has 0 saturated carbocycles. The lowest BCUT2D eigenvalue weighted by atomic mass is 10.2. The van der Waals surface area contributed by atoms with E-state index in [4.69, 9.17) is 11.5 Å². The zero-order chi connectivity index (χ0) is 37.9. The first-order chi connectivity index (χ1) is 24.8. The van der Waals surface area contributed by atoms with Crippen molar-refractivity contribution in [1.29, 1.82) is 0 Å². The molecular formula is C34H46N12O6. The molecule has 0 aliphatic carbocycles. The molecule has 0 spiro atoms. The number of carbonyl (C=O) groups is 6. The van der Waals surface area contributed by atoms with Crippen LogP contribution in [0.3, 0.4) is 0 Å². The predicted molar refractivity (Wildman–Crippen MR) is 196 cm³/mol. The lowest BCUT2D eigenvalue weighted by Crippen LogP contribution is -2.27. The van der Waals surface area contributed by atoms with Crippen LogP contribution in [0.1, 0.15) is 67.6 Å². The SMILES string of the molecule is Cn1cc(NC(=O)c2cc(NC(=O)CN)cn2C)cc1C(=O)NCCCCCCNC(=O)c1cc(NC(=O)c2cc(NC(=O)CN)cn2C)cn1C. The Morgan fingerprint density at radius 3 is 1.06 bits per heavy atom. The maximum absolute atomic E-state index is 12.8. The van der Waals surface area contributed by atoms with E-state index in [0.717, 1.165) is 25.7 Å². The van der Waals surface area contributed by atoms with E-state index in [1.165, 1.54) is 12.1 Å². The molecule has 4 aromatic heterocycles. The highest BCUT2D eigenvalue weighted by Crippen LogP contribution is 2.19. The summed E-state index contributed by atoms with van der Waals surface area (Å²) in [5.41, 5.74) is 13.8. The van der Waals surface area contributed by atoms with E-state index in [-0.39, 0.29) is 36.7 Å². The van der Waals surface area contributed by atoms with Crippen molar-refractivity contribution in [3.05, 3.63) is 71.8 Å². The van der Waals surface area contributed by atoms with Crippen molar-refractivity contribution >= 4 is 58.2 Å². The Balaban J connectivity index is 1.14. The topological polar surface area (TPSA) is 246 Å². The van der Waals surface area contributed by atoms with Crippen LogP contribution in [0.2, 0.25) is 0 Å². The fraction of sp³-hybridized carbons (Fsp3) is 0.353. The number of aromatic nitrogens is 4. The third kappa shape index (κ3) is 10.2. The van der Waals surface area contributed by atoms with Crippen molar-refractivity contribution in [2.75, 3.05) is 47.4 Å². The molecule has 0 unspecified atom stereocenters. The van der Waals surface area contributed by atoms with Crippen LogP contribution >= 0.6 is 0 Å². The van der Waals surface area contributed by atoms with Gasteiger partial charge in [-0.1, -0.05) is 12.8 Å². The molecule has 18 heteroatoms. The fourth-order valence-corrected chi connectivity index (χ4v) is 5.44. The third-order valence-corrected chi connectivity index (χ3v) is 8.08. The first-order valence-corrected chi connectivity index (χ1v) is 16.6. The molecule has 0 fully saturated rings. The maximum atomic E-state index is 12.8. The van der Waals surface area contributed by atoms with Crippen molar-refractivity contribution in [2.24, 2.45) is 39.7 Å². The van der Waals surface area contributed by atoms with Gasteiger partial charge in [0.15, 0.2) is 0 Å². The summed E-state index contributed by atoms with van der Waals surface area (Å²) in [6, 6.07) is 6.25. The Hall–Kier alpha value is -6.14. The Bertz CT molecular complexity index is 1810. The van der Waals surface area contributed by atoms with Gasteiger partial charge in [-0.15, -0.1) is 0 Å². The summed E-state index contributed by atoms with van der Waals surface area (Å²) in [4.78, 5) is 74.4. The Morgan fingerprint density at radius 2 is 0.750 bits per heavy atom. The molecule has 0 atom stereocenters. The zero-order valence-corrected chi connectivity index (χ0v) is 29.7. The van der Waals surface area contributed by atoms with Gasteiger partial charge < -0.3 is 61.6 Å². The summed E-state index contributed by atoms with van der Waals surface area (Å²) in [7, 11) is 6.77. The number of anilines is 4. The van der Waals surface area contributed by atoms with Crippen LogP contribution in [-0.2, 0) is 37.8 Å². The number of rotatable bonds is 17. The Kier molecular flexibility index (Phi) is 13.1. The Morgan fingerprint density at radius 1 is 0.462 bits per heavy atom. The molecule has 4 rings (SSSR count). The van der Waals surface area contributed by atoms with Crippen molar-refractivity contribution < 1.29 is 28.8 Å². The molecule has 4 heterocycles. The van der Waals surface area contributed by atoms with Crippen LogP contribution in [0.5, 0.6) is 0 Å². The summed E-state index contributed by atoms with van der Waals surface area (Å²) in [5, 5.41) is 16.6. The largest absolute Gasteiger partial charge is 0.351 e. The van der Waals surface area contributed by atoms with E-state index in [1.807, 2.05) is 0 Å². The van der Waals surface area contributed by atoms with E-state index in [1.54, 1.807) is 83.4 Å². The molecule has 0 aromatic carbocycles. The van der Waals surface area contributed by atoms with Crippen LogP contribution in [0.15, 0.2) is 49.1 Å². The van der Waals surface area contributed by atoms with Gasteiger partial charge >= 0.3 is 0 Å². The van der Waals surface area contributed by atoms with Crippen LogP contribution in [0.25, 0.3) is 0 Å². The van der Waals surface area contributed by atoms with Gasteiger partial charge in [0, 0.05) is 66.1 Å². The monoisotopic (exact) mass is 718 g/mol. The molecule has 10 N–H and O–H groups in total. The van der Waals surface area contributed by atoms with Gasteiger partial charge in [0.05, 0.1) is 35.8 Å². The highest BCUT2D eigenvalue weighted by molar-refractivity contribution is 6.06. The third-order valence-electron chi connectivity index (χ3n) is 8.08. The maximum Gasteiger partial charge on any atom is 0.272 e. The number of aryl methyl sites for hydroxylation is 4. The van der Waals surface area contributed by atoms with E-state index >= 15 is 0 Å². The second-order valence-corrected chi connectivity index (χ2v) is 12.2. The molecule has 18 nitrogen and oxygen atoms in total. The van der Waals surface area contributed by atoms with Crippen molar-refractivity contribution in [1.82, 2.24) is 28.9 Å². The summed E-state index contributed by atoms with van der Waals surface area (Å²) >= 11 is 0. The van der Waals surface area contributed by atoms with Gasteiger partial charge in [-0.3, -0.25) is 28.8 Å². The van der Waals surface area contributed by atoms with Crippen LogP contribution in [-0.4, -0.2) is 79.9 Å². The second-order valence-electron chi connectivity index (χ2n) is 12.2. The molecule has 0 aliphatic rings. The minimum absolute atomic E-state index is 0.173. The normalized spacial score (nSPS) is 10.8. The molecular weight excluding hydrogens is 672 g/mol.